The third-order valence-corrected chi connectivity index (χ3v) is 3.16. The van der Waals surface area contributed by atoms with Gasteiger partial charge in [0.25, 0.3) is 5.91 Å². The summed E-state index contributed by atoms with van der Waals surface area (Å²) in [4.78, 5) is 12.0. The molecule has 3 N–H and O–H groups in total. The quantitative estimate of drug-likeness (QED) is 0.716. The molecule has 1 aliphatic rings. The van der Waals surface area contributed by atoms with Gasteiger partial charge in [-0.15, -0.1) is 0 Å². The van der Waals surface area contributed by atoms with E-state index in [1.165, 1.54) is 12.1 Å². The molecule has 0 aromatic heterocycles. The average molecular weight is 279 g/mol. The number of likely N-dealkylation sites (N-methyl/N-ethyl adjacent to an activating group) is 1. The molecule has 2 rings (SSSR count). The van der Waals surface area contributed by atoms with Gasteiger partial charge >= 0.3 is 0 Å². The van der Waals surface area contributed by atoms with Crippen LogP contribution in [0, 0.1) is 5.82 Å². The van der Waals surface area contributed by atoms with Gasteiger partial charge in [0, 0.05) is 12.7 Å². The number of allylic oxidation sites excluding steroid dienone is 1. The van der Waals surface area contributed by atoms with Crippen molar-refractivity contribution in [2.24, 2.45) is 0 Å². The van der Waals surface area contributed by atoms with Crippen molar-refractivity contribution in [2.75, 3.05) is 7.05 Å². The van der Waals surface area contributed by atoms with E-state index in [1.807, 2.05) is 0 Å². The highest BCUT2D eigenvalue weighted by Gasteiger charge is 2.29. The lowest BCUT2D eigenvalue weighted by atomic mass is 9.95. The molecule has 1 amide bonds. The minimum absolute atomic E-state index is 0.200. The Hall–Kier alpha value is -1.95. The zero-order chi connectivity index (χ0) is 14.0. The van der Waals surface area contributed by atoms with Crippen molar-refractivity contribution in [3.8, 4) is 0 Å². The van der Waals surface area contributed by atoms with Crippen LogP contribution >= 0.6 is 12.2 Å². The highest BCUT2D eigenvalue weighted by atomic mass is 32.1. The molecule has 0 saturated carbocycles. The van der Waals surface area contributed by atoms with Crippen LogP contribution in [-0.4, -0.2) is 18.1 Å². The van der Waals surface area contributed by atoms with Crippen molar-refractivity contribution in [2.45, 2.75) is 13.0 Å². The van der Waals surface area contributed by atoms with Crippen molar-refractivity contribution in [3.05, 3.63) is 46.9 Å². The van der Waals surface area contributed by atoms with E-state index in [4.69, 9.17) is 12.2 Å². The van der Waals surface area contributed by atoms with E-state index >= 15 is 0 Å². The first-order valence-electron chi connectivity index (χ1n) is 5.78. The maximum Gasteiger partial charge on any atom is 0.251 e. The molecule has 1 aromatic carbocycles. The summed E-state index contributed by atoms with van der Waals surface area (Å²) in [5, 5.41) is 8.99. The Morgan fingerprint density at radius 2 is 2.00 bits per heavy atom. The average Bonchev–Trinajstić information content (AvgIpc) is 2.38. The van der Waals surface area contributed by atoms with Crippen LogP contribution in [-0.2, 0) is 4.79 Å². The number of benzene rings is 1. The normalized spacial score (nSPS) is 18.7. The molecule has 0 spiro atoms. The number of halogens is 1. The summed E-state index contributed by atoms with van der Waals surface area (Å²) in [6.45, 7) is 1.79. The van der Waals surface area contributed by atoms with Crippen molar-refractivity contribution < 1.29 is 9.18 Å². The zero-order valence-electron chi connectivity index (χ0n) is 10.6. The molecule has 1 aliphatic heterocycles. The Kier molecular flexibility index (Phi) is 3.80. The van der Waals surface area contributed by atoms with Gasteiger partial charge in [0.2, 0.25) is 0 Å². The van der Waals surface area contributed by atoms with E-state index < -0.39 is 0 Å². The summed E-state index contributed by atoms with van der Waals surface area (Å²) < 4.78 is 13.0. The highest BCUT2D eigenvalue weighted by molar-refractivity contribution is 7.80. The highest BCUT2D eigenvalue weighted by Crippen LogP contribution is 2.26. The second kappa shape index (κ2) is 5.36. The van der Waals surface area contributed by atoms with Crippen LogP contribution in [0.1, 0.15) is 18.5 Å². The fourth-order valence-electron chi connectivity index (χ4n) is 2.03. The lowest BCUT2D eigenvalue weighted by Crippen LogP contribution is -2.46. The first-order chi connectivity index (χ1) is 9.02. The van der Waals surface area contributed by atoms with Crippen LogP contribution in [0.3, 0.4) is 0 Å². The summed E-state index contributed by atoms with van der Waals surface area (Å²) in [6.07, 6.45) is 0. The summed E-state index contributed by atoms with van der Waals surface area (Å²) in [7, 11) is 1.57. The van der Waals surface area contributed by atoms with Crippen LogP contribution < -0.4 is 16.0 Å². The number of nitrogens with one attached hydrogen (secondary N) is 3. The predicted octanol–water partition coefficient (Wildman–Crippen LogP) is 1.36. The lowest BCUT2D eigenvalue weighted by Gasteiger charge is -2.30. The Morgan fingerprint density at radius 3 is 2.58 bits per heavy atom. The number of hydrogen-bond donors (Lipinski definition) is 3. The molecule has 4 nitrogen and oxygen atoms in total. The molecule has 0 unspecified atom stereocenters. The van der Waals surface area contributed by atoms with E-state index in [0.717, 1.165) is 5.56 Å². The summed E-state index contributed by atoms with van der Waals surface area (Å²) in [5.74, 6) is -0.517. The SMILES string of the molecule is CNC(=O)C1=C(C)NC(=S)N[C@H]1c1ccc(F)cc1. The molecule has 0 bridgehead atoms. The van der Waals surface area contributed by atoms with Gasteiger partial charge in [-0.3, -0.25) is 4.79 Å². The first-order valence-corrected chi connectivity index (χ1v) is 6.19. The summed E-state index contributed by atoms with van der Waals surface area (Å²) in [6, 6.07) is 5.61. The maximum absolute atomic E-state index is 13.0. The minimum atomic E-state index is -0.380. The van der Waals surface area contributed by atoms with Crippen LogP contribution in [0.4, 0.5) is 4.39 Å². The molecule has 100 valence electrons. The molecule has 1 atom stereocenters. The van der Waals surface area contributed by atoms with Gasteiger partial charge in [-0.05, 0) is 36.8 Å². The van der Waals surface area contributed by atoms with Crippen LogP contribution in [0.5, 0.6) is 0 Å². The van der Waals surface area contributed by atoms with Gasteiger partial charge in [0.15, 0.2) is 5.11 Å². The van der Waals surface area contributed by atoms with Crippen LogP contribution in [0.25, 0.3) is 0 Å². The van der Waals surface area contributed by atoms with Crippen LogP contribution in [0.15, 0.2) is 35.5 Å². The molecule has 0 fully saturated rings. The molecule has 6 heteroatoms. The minimum Gasteiger partial charge on any atom is -0.355 e. The maximum atomic E-state index is 13.0. The molecule has 1 heterocycles. The summed E-state index contributed by atoms with van der Waals surface area (Å²) >= 11 is 5.10. The number of rotatable bonds is 2. The fourth-order valence-corrected chi connectivity index (χ4v) is 2.31. The molecular weight excluding hydrogens is 265 g/mol. The number of hydrogen-bond acceptors (Lipinski definition) is 2. The molecule has 0 radical (unpaired) electrons. The first kappa shape index (κ1) is 13.5. The van der Waals surface area contributed by atoms with Crippen molar-refractivity contribution in [3.63, 3.8) is 0 Å². The van der Waals surface area contributed by atoms with Gasteiger partial charge in [0.1, 0.15) is 5.82 Å². The number of carbonyl (C=O) groups excluding carboxylic acids is 1. The molecular formula is C13H14FN3OS. The van der Waals surface area contributed by atoms with Gasteiger partial charge in [-0.1, -0.05) is 12.1 Å². The standard InChI is InChI=1S/C13H14FN3OS/c1-7-10(12(18)15-2)11(17-13(19)16-7)8-3-5-9(14)6-4-8/h3-6,11H,1-2H3,(H,15,18)(H2,16,17,19)/t11-/m0/s1. The third kappa shape index (κ3) is 2.73. The van der Waals surface area contributed by atoms with E-state index in [9.17, 15) is 9.18 Å². The predicted molar refractivity (Wildman–Crippen MR) is 74.8 cm³/mol. The zero-order valence-corrected chi connectivity index (χ0v) is 11.4. The molecule has 0 aliphatic carbocycles. The smallest absolute Gasteiger partial charge is 0.251 e. The van der Waals surface area contributed by atoms with Gasteiger partial charge in [0.05, 0.1) is 11.6 Å². The van der Waals surface area contributed by atoms with E-state index in [2.05, 4.69) is 16.0 Å². The second-order valence-corrected chi connectivity index (χ2v) is 4.61. The number of thiocarbonyl (C=S) groups is 1. The Labute approximate surface area is 116 Å². The van der Waals surface area contributed by atoms with Crippen molar-refractivity contribution in [1.29, 1.82) is 0 Å². The largest absolute Gasteiger partial charge is 0.355 e. The Morgan fingerprint density at radius 1 is 1.37 bits per heavy atom. The monoisotopic (exact) mass is 279 g/mol. The van der Waals surface area contributed by atoms with Crippen molar-refractivity contribution >= 4 is 23.2 Å². The third-order valence-electron chi connectivity index (χ3n) is 2.94. The van der Waals surface area contributed by atoms with E-state index in [0.29, 0.717) is 16.4 Å². The van der Waals surface area contributed by atoms with Gasteiger partial charge in [-0.25, -0.2) is 4.39 Å². The number of amides is 1. The number of carbonyl (C=O) groups is 1. The second-order valence-electron chi connectivity index (χ2n) is 4.20. The Bertz CT molecular complexity index is 554. The topological polar surface area (TPSA) is 53.2 Å². The van der Waals surface area contributed by atoms with Gasteiger partial charge < -0.3 is 16.0 Å². The van der Waals surface area contributed by atoms with Crippen molar-refractivity contribution in [1.82, 2.24) is 16.0 Å². The van der Waals surface area contributed by atoms with E-state index in [-0.39, 0.29) is 17.8 Å². The van der Waals surface area contributed by atoms with Crippen LogP contribution in [0.2, 0.25) is 0 Å². The Balaban J connectivity index is 2.46. The lowest BCUT2D eigenvalue weighted by molar-refractivity contribution is -0.117. The summed E-state index contributed by atoms with van der Waals surface area (Å²) in [5.41, 5.74) is 2.02. The molecule has 19 heavy (non-hydrogen) atoms. The van der Waals surface area contributed by atoms with Gasteiger partial charge in [-0.2, -0.15) is 0 Å². The molecule has 1 aromatic rings. The molecule has 0 saturated heterocycles. The van der Waals surface area contributed by atoms with E-state index in [1.54, 1.807) is 26.1 Å². The fraction of sp³-hybridized carbons (Fsp3) is 0.231.